The first-order chi connectivity index (χ1) is 26.4. The number of primary amides is 1. The summed E-state index contributed by atoms with van der Waals surface area (Å²) in [5.74, 6) is -12.7. The van der Waals surface area contributed by atoms with Gasteiger partial charge in [0, 0.05) is 49.4 Å². The molecule has 0 saturated heterocycles. The molecule has 1 aromatic carbocycles. The van der Waals surface area contributed by atoms with E-state index >= 15 is 0 Å². The molecule has 17 nitrogen and oxygen atoms in total. The number of rotatable bonds is 30. The maximum atomic E-state index is 13.6. The monoisotopic (exact) mass is 792 g/mol. The molecule has 0 heterocycles. The number of Topliss-reactive ketones (excluding diaryl/α,β-unsaturated/α-hetero) is 4. The first-order valence-electron chi connectivity index (χ1n) is 19.0. The smallest absolute Gasteiger partial charge is 0.303 e. The van der Waals surface area contributed by atoms with E-state index in [4.69, 9.17) is 11.5 Å². The van der Waals surface area contributed by atoms with Crippen LogP contribution in [-0.2, 0) is 44.8 Å². The summed E-state index contributed by atoms with van der Waals surface area (Å²) in [4.78, 5) is 103. The number of aliphatic hydroxyl groups excluding tert-OH is 4. The van der Waals surface area contributed by atoms with Crippen molar-refractivity contribution in [3.05, 3.63) is 35.9 Å². The molecular weight excluding hydrogens is 732 g/mol. The van der Waals surface area contributed by atoms with Gasteiger partial charge in [-0.1, -0.05) is 63.4 Å². The number of ketones is 4. The number of aliphatic carboxylic acids is 1. The van der Waals surface area contributed by atoms with Crippen LogP contribution in [0.3, 0.4) is 0 Å². The Morgan fingerprint density at radius 2 is 1.25 bits per heavy atom. The van der Waals surface area contributed by atoms with E-state index in [1.807, 2.05) is 6.92 Å². The van der Waals surface area contributed by atoms with Crippen LogP contribution in [-0.4, -0.2) is 116 Å². The third-order valence-corrected chi connectivity index (χ3v) is 9.90. The maximum Gasteiger partial charge on any atom is 0.303 e. The topological polar surface area (TPSA) is 314 Å². The van der Waals surface area contributed by atoms with E-state index in [2.05, 4.69) is 10.6 Å². The highest BCUT2D eigenvalue weighted by Gasteiger charge is 2.39. The third kappa shape index (κ3) is 16.8. The maximum absolute atomic E-state index is 13.6. The number of carbonyl (C=O) groups is 8. The molecule has 17 heteroatoms. The number of benzene rings is 1. The molecule has 1 aromatic rings. The second-order valence-corrected chi connectivity index (χ2v) is 14.4. The first-order valence-corrected chi connectivity index (χ1v) is 19.0. The fourth-order valence-electron chi connectivity index (χ4n) is 6.47. The molecular formula is C39H60N4O13. The van der Waals surface area contributed by atoms with Crippen LogP contribution in [0.2, 0.25) is 0 Å². The van der Waals surface area contributed by atoms with Gasteiger partial charge >= 0.3 is 5.97 Å². The molecule has 6 unspecified atom stereocenters. The number of nitrogens with one attached hydrogen (secondary N) is 2. The van der Waals surface area contributed by atoms with E-state index in [9.17, 15) is 63.9 Å². The van der Waals surface area contributed by atoms with Gasteiger partial charge in [-0.15, -0.1) is 0 Å². The molecule has 0 aliphatic rings. The molecule has 0 radical (unpaired) electrons. The van der Waals surface area contributed by atoms with Crippen LogP contribution >= 0.6 is 0 Å². The molecule has 0 saturated carbocycles. The van der Waals surface area contributed by atoms with Crippen LogP contribution < -0.4 is 22.1 Å². The Labute approximate surface area is 327 Å². The zero-order valence-corrected chi connectivity index (χ0v) is 32.4. The van der Waals surface area contributed by atoms with Crippen LogP contribution in [0.4, 0.5) is 0 Å². The van der Waals surface area contributed by atoms with Crippen molar-refractivity contribution in [3.8, 4) is 0 Å². The molecule has 0 bridgehead atoms. The van der Waals surface area contributed by atoms with Gasteiger partial charge in [-0.05, 0) is 31.7 Å². The minimum atomic E-state index is -1.59. The Balaban J connectivity index is 3.18. The number of carboxylic acid groups (broad SMARTS) is 1. The van der Waals surface area contributed by atoms with Crippen LogP contribution in [0.25, 0.3) is 0 Å². The van der Waals surface area contributed by atoms with E-state index < -0.39 is 140 Å². The Morgan fingerprint density at radius 1 is 0.714 bits per heavy atom. The number of aliphatic hydroxyl groups is 4. The average molecular weight is 793 g/mol. The van der Waals surface area contributed by atoms with Crippen LogP contribution in [0.1, 0.15) is 84.1 Å². The van der Waals surface area contributed by atoms with Crippen molar-refractivity contribution < 1.29 is 63.9 Å². The Hall–Kier alpha value is -4.42. The van der Waals surface area contributed by atoms with Gasteiger partial charge in [0.1, 0.15) is 17.9 Å². The molecule has 314 valence electrons. The number of hydrogen-bond acceptors (Lipinski definition) is 13. The minimum Gasteiger partial charge on any atom is -0.481 e. The third-order valence-electron chi connectivity index (χ3n) is 9.90. The lowest BCUT2D eigenvalue weighted by atomic mass is 9.78. The van der Waals surface area contributed by atoms with Crippen molar-refractivity contribution in [2.75, 3.05) is 19.8 Å². The fourth-order valence-corrected chi connectivity index (χ4v) is 6.47. The second-order valence-electron chi connectivity index (χ2n) is 14.4. The van der Waals surface area contributed by atoms with Gasteiger partial charge < -0.3 is 47.6 Å². The summed E-state index contributed by atoms with van der Waals surface area (Å²) in [6.45, 7) is 1.98. The molecule has 0 fully saturated rings. The SMILES string of the molecule is CCCCCC(CC(=O)[C@H](CO)NC(=O)C(C(C)O)C(C)C(=O)C(CCC(=O)O)CC(=O)[C@@H](N)CO)C(=O)N[C@@H](CO)C(=O)CC(Cc1ccccc1)C(N)=O. The van der Waals surface area contributed by atoms with E-state index in [0.29, 0.717) is 12.8 Å². The first kappa shape index (κ1) is 49.6. The number of unbranched alkanes of at least 4 members (excludes halogenated alkanes) is 2. The number of amides is 3. The molecule has 11 N–H and O–H groups in total. The Morgan fingerprint density at radius 3 is 1.73 bits per heavy atom. The van der Waals surface area contributed by atoms with Crippen molar-refractivity contribution >= 4 is 46.8 Å². The molecule has 0 aliphatic carbocycles. The standard InChI is InChI=1S/C39H60N4O13/c1-4-5-7-12-26(38(55)42-29(20-45)33(50)18-27(37(41)54)15-24-10-8-6-9-11-24)17-32(49)30(21-46)43-39(56)35(23(3)47)22(2)36(53)25(13-14-34(51)52)16-31(48)28(40)19-44/h6,8-11,22-23,25-30,35,44-47H,4-5,7,12-21,40H2,1-3H3,(H2,41,54)(H,42,55)(H,43,56)(H,51,52)/t22?,23?,25?,26?,27?,28-,29-,30-,35?/m0/s1. The van der Waals surface area contributed by atoms with E-state index in [0.717, 1.165) is 12.0 Å². The molecule has 0 aromatic heterocycles. The van der Waals surface area contributed by atoms with Gasteiger partial charge in [0.25, 0.3) is 0 Å². The highest BCUT2D eigenvalue weighted by atomic mass is 16.4. The lowest BCUT2D eigenvalue weighted by molar-refractivity contribution is -0.143. The molecule has 1 rings (SSSR count). The average Bonchev–Trinajstić information content (AvgIpc) is 3.15. The fraction of sp³-hybridized carbons (Fsp3) is 0.641. The van der Waals surface area contributed by atoms with Crippen LogP contribution in [0.15, 0.2) is 30.3 Å². The van der Waals surface area contributed by atoms with Crippen molar-refractivity contribution in [3.63, 3.8) is 0 Å². The predicted octanol–water partition coefficient (Wildman–Crippen LogP) is -0.638. The normalized spacial score (nSPS) is 16.1. The lowest BCUT2D eigenvalue weighted by Gasteiger charge is -2.29. The van der Waals surface area contributed by atoms with Gasteiger partial charge in [0.15, 0.2) is 17.3 Å². The lowest BCUT2D eigenvalue weighted by Crippen LogP contribution is -2.52. The number of nitrogens with two attached hydrogens (primary N) is 2. The molecule has 3 amide bonds. The van der Waals surface area contributed by atoms with Crippen molar-refractivity contribution in [2.24, 2.45) is 41.1 Å². The summed E-state index contributed by atoms with van der Waals surface area (Å²) in [6.07, 6.45) is -1.42. The quantitative estimate of drug-likeness (QED) is 0.0438. The molecule has 56 heavy (non-hydrogen) atoms. The summed E-state index contributed by atoms with van der Waals surface area (Å²) in [6, 6.07) is 4.50. The van der Waals surface area contributed by atoms with Crippen molar-refractivity contribution in [2.45, 2.75) is 109 Å². The van der Waals surface area contributed by atoms with Gasteiger partial charge in [-0.2, -0.15) is 0 Å². The molecule has 9 atom stereocenters. The minimum absolute atomic E-state index is 0.156. The van der Waals surface area contributed by atoms with E-state index in [1.54, 1.807) is 30.3 Å². The summed E-state index contributed by atoms with van der Waals surface area (Å²) in [7, 11) is 0. The second kappa shape index (κ2) is 25.7. The highest BCUT2D eigenvalue weighted by Crippen LogP contribution is 2.26. The van der Waals surface area contributed by atoms with Crippen molar-refractivity contribution in [1.29, 1.82) is 0 Å². The summed E-state index contributed by atoms with van der Waals surface area (Å²) < 4.78 is 0. The largest absolute Gasteiger partial charge is 0.481 e. The Bertz CT molecular complexity index is 1470. The summed E-state index contributed by atoms with van der Waals surface area (Å²) >= 11 is 0. The number of carboxylic acids is 1. The van der Waals surface area contributed by atoms with E-state index in [1.165, 1.54) is 13.8 Å². The zero-order valence-electron chi connectivity index (χ0n) is 32.4. The van der Waals surface area contributed by atoms with Crippen LogP contribution in [0.5, 0.6) is 0 Å². The van der Waals surface area contributed by atoms with Crippen molar-refractivity contribution in [1.82, 2.24) is 10.6 Å². The van der Waals surface area contributed by atoms with Crippen LogP contribution in [0, 0.1) is 29.6 Å². The summed E-state index contributed by atoms with van der Waals surface area (Å²) in [5.41, 5.74) is 11.9. The molecule has 0 aliphatic heterocycles. The van der Waals surface area contributed by atoms with Gasteiger partial charge in [-0.25, -0.2) is 0 Å². The summed E-state index contributed by atoms with van der Waals surface area (Å²) in [5, 5.41) is 54.0. The highest BCUT2D eigenvalue weighted by molar-refractivity contribution is 5.97. The van der Waals surface area contributed by atoms with Gasteiger partial charge in [-0.3, -0.25) is 38.4 Å². The predicted molar refractivity (Wildman–Crippen MR) is 202 cm³/mol. The number of hydrogen-bond donors (Lipinski definition) is 9. The van der Waals surface area contributed by atoms with Gasteiger partial charge in [0.2, 0.25) is 17.7 Å². The molecule has 0 spiro atoms. The van der Waals surface area contributed by atoms with E-state index in [-0.39, 0.29) is 25.7 Å². The Kier molecular flexibility index (Phi) is 22.7. The zero-order chi connectivity index (χ0) is 42.5. The number of carbonyl (C=O) groups excluding carboxylic acids is 7. The van der Waals surface area contributed by atoms with Gasteiger partial charge in [0.05, 0.1) is 37.9 Å².